The summed E-state index contributed by atoms with van der Waals surface area (Å²) in [5.41, 5.74) is 6.57. The smallest absolute Gasteiger partial charge is 0.263 e. The van der Waals surface area contributed by atoms with Crippen LogP contribution in [0.2, 0.25) is 0 Å². The maximum absolute atomic E-state index is 13.0. The van der Waals surface area contributed by atoms with Crippen LogP contribution in [-0.2, 0) is 23.6 Å². The minimum Gasteiger partial charge on any atom is -0.352 e. The molecule has 8 heteroatoms. The van der Waals surface area contributed by atoms with Gasteiger partial charge in [0.25, 0.3) is 10.0 Å². The van der Waals surface area contributed by atoms with E-state index < -0.39 is 15.8 Å². The van der Waals surface area contributed by atoms with Crippen molar-refractivity contribution in [2.75, 3.05) is 4.72 Å². The topological polar surface area (TPSA) is 77.1 Å². The Morgan fingerprint density at radius 2 is 2.10 bits per heavy atom. The zero-order valence-corrected chi connectivity index (χ0v) is 13.6. The predicted molar refractivity (Wildman–Crippen MR) is 83.2 cm³/mol. The fourth-order valence-corrected chi connectivity index (χ4v) is 3.67. The van der Waals surface area contributed by atoms with E-state index in [9.17, 15) is 12.8 Å². The highest BCUT2D eigenvalue weighted by molar-refractivity contribution is 14.1. The lowest BCUT2D eigenvalue weighted by Crippen LogP contribution is -2.13. The molecule has 0 spiro atoms. The maximum atomic E-state index is 13.0. The zero-order valence-electron chi connectivity index (χ0n) is 10.6. The molecule has 2 aromatic rings. The van der Waals surface area contributed by atoms with E-state index in [1.165, 1.54) is 30.5 Å². The highest BCUT2D eigenvalue weighted by Gasteiger charge is 2.18. The molecule has 3 N–H and O–H groups in total. The highest BCUT2D eigenvalue weighted by Crippen LogP contribution is 2.23. The summed E-state index contributed by atoms with van der Waals surface area (Å²) in [6, 6.07) is 5.37. The van der Waals surface area contributed by atoms with Crippen LogP contribution in [0, 0.1) is 9.39 Å². The molecule has 0 amide bonds. The van der Waals surface area contributed by atoms with Gasteiger partial charge in [-0.3, -0.25) is 4.72 Å². The van der Waals surface area contributed by atoms with Crippen LogP contribution >= 0.6 is 22.6 Å². The minimum absolute atomic E-state index is 0.126. The molecule has 2 rings (SSSR count). The fourth-order valence-electron chi connectivity index (χ4n) is 1.70. The molecule has 0 saturated carbocycles. The van der Waals surface area contributed by atoms with E-state index >= 15 is 0 Å². The summed E-state index contributed by atoms with van der Waals surface area (Å²) in [5, 5.41) is 0. The Kier molecular flexibility index (Phi) is 4.35. The molecule has 0 aliphatic carbocycles. The second-order valence-electron chi connectivity index (χ2n) is 4.21. The van der Waals surface area contributed by atoms with Crippen molar-refractivity contribution < 1.29 is 12.8 Å². The molecule has 0 atom stereocenters. The van der Waals surface area contributed by atoms with E-state index in [1.807, 2.05) is 22.6 Å². The summed E-state index contributed by atoms with van der Waals surface area (Å²) in [6.45, 7) is 0.250. The molecular weight excluding hydrogens is 396 g/mol. The Balaban J connectivity index is 2.35. The van der Waals surface area contributed by atoms with Gasteiger partial charge in [-0.15, -0.1) is 0 Å². The Bertz CT molecular complexity index is 743. The van der Waals surface area contributed by atoms with Crippen LogP contribution in [0.3, 0.4) is 0 Å². The molecule has 0 aliphatic heterocycles. The molecule has 0 unspecified atom stereocenters. The van der Waals surface area contributed by atoms with Crippen molar-refractivity contribution in [3.05, 3.63) is 45.5 Å². The van der Waals surface area contributed by atoms with Crippen LogP contribution in [0.1, 0.15) is 5.69 Å². The van der Waals surface area contributed by atoms with Gasteiger partial charge in [-0.2, -0.15) is 0 Å². The van der Waals surface area contributed by atoms with Crippen LogP contribution in [0.4, 0.5) is 10.1 Å². The first-order valence-corrected chi connectivity index (χ1v) is 8.23. The fraction of sp³-hybridized carbons (Fsp3) is 0.167. The van der Waals surface area contributed by atoms with Crippen LogP contribution in [-0.4, -0.2) is 13.0 Å². The van der Waals surface area contributed by atoms with E-state index in [-0.39, 0.29) is 11.4 Å². The summed E-state index contributed by atoms with van der Waals surface area (Å²) in [5.74, 6) is -0.414. The Hall–Kier alpha value is -1.13. The molecule has 0 saturated heterocycles. The molecule has 1 aromatic carbocycles. The number of halogens is 2. The molecule has 1 heterocycles. The number of aromatic nitrogens is 1. The standard InChI is InChI=1S/C12H13FIN3O2S/c1-17-7-10(5-9(17)6-15)20(18,19)16-12-3-2-8(13)4-11(12)14/h2-5,7,16H,6,15H2,1H3. The molecular formula is C12H13FIN3O2S. The average Bonchev–Trinajstić information content (AvgIpc) is 2.75. The normalized spacial score (nSPS) is 11.6. The third kappa shape index (κ3) is 3.13. The number of anilines is 1. The van der Waals surface area contributed by atoms with Crippen molar-refractivity contribution in [3.8, 4) is 0 Å². The van der Waals surface area contributed by atoms with Crippen LogP contribution in [0.25, 0.3) is 0 Å². The number of aryl methyl sites for hydroxylation is 1. The largest absolute Gasteiger partial charge is 0.352 e. The second-order valence-corrected chi connectivity index (χ2v) is 7.06. The molecule has 1 aromatic heterocycles. The monoisotopic (exact) mass is 409 g/mol. The van der Waals surface area contributed by atoms with Crippen LogP contribution < -0.4 is 10.5 Å². The first-order valence-electron chi connectivity index (χ1n) is 5.66. The summed E-state index contributed by atoms with van der Waals surface area (Å²) < 4.78 is 42.1. The number of benzene rings is 1. The van der Waals surface area contributed by atoms with Gasteiger partial charge in [0.1, 0.15) is 10.7 Å². The van der Waals surface area contributed by atoms with E-state index in [1.54, 1.807) is 11.6 Å². The molecule has 0 bridgehead atoms. The van der Waals surface area contributed by atoms with Gasteiger partial charge < -0.3 is 10.3 Å². The molecule has 108 valence electrons. The van der Waals surface area contributed by atoms with E-state index in [0.29, 0.717) is 15.0 Å². The van der Waals surface area contributed by atoms with Gasteiger partial charge in [0.05, 0.1) is 5.69 Å². The maximum Gasteiger partial charge on any atom is 0.263 e. The van der Waals surface area contributed by atoms with Crippen molar-refractivity contribution in [1.29, 1.82) is 0 Å². The molecule has 0 aliphatic rings. The van der Waals surface area contributed by atoms with E-state index in [2.05, 4.69) is 4.72 Å². The Labute approximate surface area is 130 Å². The quantitative estimate of drug-likeness (QED) is 0.759. The molecule has 0 fully saturated rings. The minimum atomic E-state index is -3.71. The SMILES string of the molecule is Cn1cc(S(=O)(=O)Nc2ccc(F)cc2I)cc1CN. The number of sulfonamides is 1. The number of hydrogen-bond donors (Lipinski definition) is 2. The zero-order chi connectivity index (χ0) is 14.9. The van der Waals surface area contributed by atoms with Gasteiger partial charge in [0.2, 0.25) is 0 Å². The van der Waals surface area contributed by atoms with Crippen LogP contribution in [0.5, 0.6) is 0 Å². The lowest BCUT2D eigenvalue weighted by atomic mass is 10.3. The van der Waals surface area contributed by atoms with Gasteiger partial charge in [-0.25, -0.2) is 12.8 Å². The van der Waals surface area contributed by atoms with Gasteiger partial charge in [0, 0.05) is 29.1 Å². The summed E-state index contributed by atoms with van der Waals surface area (Å²) in [4.78, 5) is 0.126. The van der Waals surface area contributed by atoms with Gasteiger partial charge in [-0.1, -0.05) is 0 Å². The molecule has 20 heavy (non-hydrogen) atoms. The third-order valence-corrected chi connectivity index (χ3v) is 5.00. The number of nitrogens with two attached hydrogens (primary N) is 1. The van der Waals surface area contributed by atoms with Crippen molar-refractivity contribution in [3.63, 3.8) is 0 Å². The number of rotatable bonds is 4. The van der Waals surface area contributed by atoms with Crippen LogP contribution in [0.15, 0.2) is 35.4 Å². The highest BCUT2D eigenvalue weighted by atomic mass is 127. The number of hydrogen-bond acceptors (Lipinski definition) is 3. The van der Waals surface area contributed by atoms with Gasteiger partial charge in [0.15, 0.2) is 0 Å². The molecule has 5 nitrogen and oxygen atoms in total. The second kappa shape index (κ2) is 5.70. The van der Waals surface area contributed by atoms with Gasteiger partial charge >= 0.3 is 0 Å². The predicted octanol–water partition coefficient (Wildman–Crippen LogP) is 2.03. The number of nitrogens with one attached hydrogen (secondary N) is 1. The first-order chi connectivity index (χ1) is 9.33. The van der Waals surface area contributed by atoms with Crippen molar-refractivity contribution >= 4 is 38.3 Å². The lowest BCUT2D eigenvalue weighted by molar-refractivity contribution is 0.600. The van der Waals surface area contributed by atoms with Gasteiger partial charge in [-0.05, 0) is 46.9 Å². The summed E-state index contributed by atoms with van der Waals surface area (Å²) in [6.07, 6.45) is 1.49. The van der Waals surface area contributed by atoms with Crippen molar-refractivity contribution in [1.82, 2.24) is 4.57 Å². The Morgan fingerprint density at radius 1 is 1.40 bits per heavy atom. The lowest BCUT2D eigenvalue weighted by Gasteiger charge is -2.08. The van der Waals surface area contributed by atoms with Crippen molar-refractivity contribution in [2.45, 2.75) is 11.4 Å². The van der Waals surface area contributed by atoms with E-state index in [4.69, 9.17) is 5.73 Å². The van der Waals surface area contributed by atoms with E-state index in [0.717, 1.165) is 0 Å². The Morgan fingerprint density at radius 3 is 2.65 bits per heavy atom. The summed E-state index contributed by atoms with van der Waals surface area (Å²) in [7, 11) is -1.99. The number of nitrogens with zero attached hydrogens (tertiary/aromatic N) is 1. The molecule has 0 radical (unpaired) electrons. The summed E-state index contributed by atoms with van der Waals surface area (Å²) >= 11 is 1.87. The third-order valence-electron chi connectivity index (χ3n) is 2.78. The average molecular weight is 409 g/mol. The first kappa shape index (κ1) is 15.3. The van der Waals surface area contributed by atoms with Crippen molar-refractivity contribution in [2.24, 2.45) is 12.8 Å².